The maximum Gasteiger partial charge on any atom is 0.276 e. The molecule has 1 aliphatic carbocycles. The van der Waals surface area contributed by atoms with Crippen LogP contribution in [0.15, 0.2) is 27.1 Å². The summed E-state index contributed by atoms with van der Waals surface area (Å²) < 4.78 is 6.99. The average molecular weight is 451 g/mol. The molecule has 0 spiro atoms. The summed E-state index contributed by atoms with van der Waals surface area (Å²) in [6.07, 6.45) is 1.77. The highest BCUT2D eigenvalue weighted by Crippen LogP contribution is 2.29. The predicted molar refractivity (Wildman–Crippen MR) is 92.1 cm³/mol. The summed E-state index contributed by atoms with van der Waals surface area (Å²) in [5.41, 5.74) is 4.81. The molecule has 0 heterocycles. The van der Waals surface area contributed by atoms with E-state index in [2.05, 4.69) is 48.0 Å². The van der Waals surface area contributed by atoms with Crippen LogP contribution >= 0.6 is 44.1 Å². The molecule has 1 aromatic rings. The standard InChI is InChI=1S/C13H13Br2N3O3S/c14-8-3-4-10(9(15)5-8)21-6-11(19)17-18-13(22)16-12(20)7-1-2-7/h3-5,7H,1-2,6H2,(H,17,19)(H2,16,18,20,22). The molecule has 0 unspecified atom stereocenters. The summed E-state index contributed by atoms with van der Waals surface area (Å²) in [4.78, 5) is 23.1. The third-order valence-electron chi connectivity index (χ3n) is 2.75. The van der Waals surface area contributed by atoms with Crippen molar-refractivity contribution in [2.45, 2.75) is 12.8 Å². The van der Waals surface area contributed by atoms with Crippen molar-refractivity contribution in [3.8, 4) is 5.75 Å². The number of carbonyl (C=O) groups excluding carboxylic acids is 2. The Balaban J connectivity index is 1.69. The monoisotopic (exact) mass is 449 g/mol. The number of amides is 2. The number of ether oxygens (including phenoxy) is 1. The minimum Gasteiger partial charge on any atom is -0.483 e. The van der Waals surface area contributed by atoms with E-state index in [4.69, 9.17) is 17.0 Å². The van der Waals surface area contributed by atoms with Crippen LogP contribution < -0.4 is 20.9 Å². The van der Waals surface area contributed by atoms with Crippen molar-refractivity contribution in [3.05, 3.63) is 27.1 Å². The van der Waals surface area contributed by atoms with Crippen LogP contribution in [0.4, 0.5) is 0 Å². The van der Waals surface area contributed by atoms with Gasteiger partial charge in [-0.3, -0.25) is 20.4 Å². The quantitative estimate of drug-likeness (QED) is 0.483. The maximum absolute atomic E-state index is 11.6. The molecule has 0 saturated heterocycles. The second-order valence-electron chi connectivity index (χ2n) is 4.63. The first-order chi connectivity index (χ1) is 10.5. The van der Waals surface area contributed by atoms with E-state index in [1.54, 1.807) is 12.1 Å². The first kappa shape index (κ1) is 17.2. The van der Waals surface area contributed by atoms with Crippen LogP contribution in [0.25, 0.3) is 0 Å². The van der Waals surface area contributed by atoms with Gasteiger partial charge in [-0.05, 0) is 59.2 Å². The minimum atomic E-state index is -0.419. The van der Waals surface area contributed by atoms with Gasteiger partial charge in [0.05, 0.1) is 4.47 Å². The smallest absolute Gasteiger partial charge is 0.276 e. The third-order valence-corrected chi connectivity index (χ3v) is 4.07. The number of rotatable bonds is 4. The fraction of sp³-hybridized carbons (Fsp3) is 0.308. The van der Waals surface area contributed by atoms with Crippen molar-refractivity contribution in [3.63, 3.8) is 0 Å². The minimum absolute atomic E-state index is 0.0496. The molecule has 0 radical (unpaired) electrons. The molecule has 1 saturated carbocycles. The van der Waals surface area contributed by atoms with Gasteiger partial charge in [0, 0.05) is 10.4 Å². The molecule has 1 aliphatic rings. The first-order valence-electron chi connectivity index (χ1n) is 6.43. The second kappa shape index (κ2) is 7.89. The lowest BCUT2D eigenvalue weighted by atomic mass is 10.3. The van der Waals surface area contributed by atoms with E-state index in [0.717, 1.165) is 21.8 Å². The zero-order valence-electron chi connectivity index (χ0n) is 11.3. The van der Waals surface area contributed by atoms with Crippen molar-refractivity contribution >= 4 is 61.0 Å². The van der Waals surface area contributed by atoms with Crippen LogP contribution in [0.3, 0.4) is 0 Å². The normalized spacial score (nSPS) is 13.2. The lowest BCUT2D eigenvalue weighted by Crippen LogP contribution is -2.50. The Morgan fingerprint density at radius 3 is 2.64 bits per heavy atom. The Hall–Kier alpha value is -1.19. The van der Waals surface area contributed by atoms with Crippen molar-refractivity contribution in [1.29, 1.82) is 0 Å². The molecule has 3 N–H and O–H groups in total. The van der Waals surface area contributed by atoms with E-state index in [1.807, 2.05) is 6.07 Å². The van der Waals surface area contributed by atoms with Gasteiger partial charge in [0.1, 0.15) is 5.75 Å². The van der Waals surface area contributed by atoms with Gasteiger partial charge in [0.2, 0.25) is 5.91 Å². The number of benzene rings is 1. The molecule has 2 rings (SSSR count). The molecule has 1 fully saturated rings. The molecule has 0 aromatic heterocycles. The van der Waals surface area contributed by atoms with E-state index in [0.29, 0.717) is 5.75 Å². The highest BCUT2D eigenvalue weighted by Gasteiger charge is 2.30. The van der Waals surface area contributed by atoms with Crippen molar-refractivity contribution in [1.82, 2.24) is 16.2 Å². The number of hydrogen-bond donors (Lipinski definition) is 3. The van der Waals surface area contributed by atoms with Crippen molar-refractivity contribution < 1.29 is 14.3 Å². The van der Waals surface area contributed by atoms with Gasteiger partial charge in [-0.2, -0.15) is 0 Å². The van der Waals surface area contributed by atoms with Crippen LogP contribution in [0.1, 0.15) is 12.8 Å². The number of nitrogens with one attached hydrogen (secondary N) is 3. The molecule has 2 amide bonds. The van der Waals surface area contributed by atoms with Gasteiger partial charge in [0.15, 0.2) is 11.7 Å². The number of thiocarbonyl (C=S) groups is 1. The second-order valence-corrected chi connectivity index (χ2v) is 6.81. The lowest BCUT2D eigenvalue weighted by molar-refractivity contribution is -0.124. The molecule has 0 atom stereocenters. The van der Waals surface area contributed by atoms with Crippen LogP contribution in [-0.4, -0.2) is 23.5 Å². The van der Waals surface area contributed by atoms with E-state index >= 15 is 0 Å². The van der Waals surface area contributed by atoms with E-state index in [-0.39, 0.29) is 23.5 Å². The van der Waals surface area contributed by atoms with Gasteiger partial charge in [0.25, 0.3) is 5.91 Å². The fourth-order valence-corrected chi connectivity index (χ4v) is 2.80. The topological polar surface area (TPSA) is 79.5 Å². The lowest BCUT2D eigenvalue weighted by Gasteiger charge is -2.11. The van der Waals surface area contributed by atoms with Gasteiger partial charge in [-0.1, -0.05) is 15.9 Å². The first-order valence-corrected chi connectivity index (χ1v) is 8.42. The number of carbonyl (C=O) groups is 2. The molecular weight excluding hydrogens is 438 g/mol. The highest BCUT2D eigenvalue weighted by molar-refractivity contribution is 9.11. The Labute approximate surface area is 149 Å². The summed E-state index contributed by atoms with van der Waals surface area (Å²) in [6, 6.07) is 5.35. The Bertz CT molecular complexity index is 608. The van der Waals surface area contributed by atoms with Crippen LogP contribution in [0.2, 0.25) is 0 Å². The Kier molecular flexibility index (Phi) is 6.16. The summed E-state index contributed by atoms with van der Waals surface area (Å²) >= 11 is 11.6. The van der Waals surface area contributed by atoms with Crippen LogP contribution in [0.5, 0.6) is 5.75 Å². The predicted octanol–water partition coefficient (Wildman–Crippen LogP) is 2.02. The maximum atomic E-state index is 11.6. The van der Waals surface area contributed by atoms with Crippen LogP contribution in [-0.2, 0) is 9.59 Å². The van der Waals surface area contributed by atoms with Gasteiger partial charge < -0.3 is 10.1 Å². The molecule has 0 aliphatic heterocycles. The fourth-order valence-electron chi connectivity index (χ4n) is 1.49. The zero-order valence-corrected chi connectivity index (χ0v) is 15.3. The molecule has 9 heteroatoms. The summed E-state index contributed by atoms with van der Waals surface area (Å²) in [5.74, 6) is 0.0520. The SMILES string of the molecule is O=C(COc1ccc(Br)cc1Br)NNC(=S)NC(=O)C1CC1. The molecule has 6 nitrogen and oxygen atoms in total. The van der Waals surface area contributed by atoms with E-state index in [1.165, 1.54) is 0 Å². The van der Waals surface area contributed by atoms with Crippen molar-refractivity contribution in [2.75, 3.05) is 6.61 Å². The largest absolute Gasteiger partial charge is 0.483 e. The average Bonchev–Trinajstić information content (AvgIpc) is 3.28. The highest BCUT2D eigenvalue weighted by atomic mass is 79.9. The zero-order chi connectivity index (χ0) is 16.1. The molecular formula is C13H13Br2N3O3S. The molecule has 22 heavy (non-hydrogen) atoms. The molecule has 1 aromatic carbocycles. The van der Waals surface area contributed by atoms with E-state index < -0.39 is 5.91 Å². The molecule has 0 bridgehead atoms. The number of hydrazine groups is 1. The van der Waals surface area contributed by atoms with Gasteiger partial charge >= 0.3 is 0 Å². The Morgan fingerprint density at radius 2 is 2.00 bits per heavy atom. The summed E-state index contributed by atoms with van der Waals surface area (Å²) in [7, 11) is 0. The summed E-state index contributed by atoms with van der Waals surface area (Å²) in [5, 5.41) is 2.56. The number of halogens is 2. The third kappa shape index (κ3) is 5.54. The van der Waals surface area contributed by atoms with Gasteiger partial charge in [-0.25, -0.2) is 0 Å². The van der Waals surface area contributed by atoms with E-state index in [9.17, 15) is 9.59 Å². The molecule has 118 valence electrons. The van der Waals surface area contributed by atoms with Crippen molar-refractivity contribution in [2.24, 2.45) is 5.92 Å². The van der Waals surface area contributed by atoms with Gasteiger partial charge in [-0.15, -0.1) is 0 Å². The number of hydrogen-bond acceptors (Lipinski definition) is 4. The summed E-state index contributed by atoms with van der Waals surface area (Å²) in [6.45, 7) is -0.188. The Morgan fingerprint density at radius 1 is 1.27 bits per heavy atom. The van der Waals surface area contributed by atoms with Crippen LogP contribution in [0, 0.1) is 5.92 Å².